The second-order valence-corrected chi connectivity index (χ2v) is 4.81. The van der Waals surface area contributed by atoms with Gasteiger partial charge in [-0.15, -0.1) is 0 Å². The Hall–Kier alpha value is -1.38. The lowest BCUT2D eigenvalue weighted by Crippen LogP contribution is -2.04. The number of benzene rings is 2. The first kappa shape index (κ1) is 13.1. The van der Waals surface area contributed by atoms with Gasteiger partial charge in [-0.2, -0.15) is 0 Å². The largest absolute Gasteiger partial charge is 0.388 e. The third-order valence-electron chi connectivity index (χ3n) is 2.83. The van der Waals surface area contributed by atoms with E-state index in [2.05, 4.69) is 0 Å². The molecule has 1 nitrogen and oxygen atoms in total. The molecule has 1 atom stereocenters. The molecule has 0 aromatic heterocycles. The number of aliphatic hydroxyl groups is 1. The Morgan fingerprint density at radius 3 is 2.72 bits per heavy atom. The molecule has 0 bridgehead atoms. The molecule has 0 aliphatic heterocycles. The van der Waals surface area contributed by atoms with Gasteiger partial charge in [0, 0.05) is 17.0 Å². The number of aliphatic hydroxyl groups excluding tert-OH is 1. The first-order valence-electron chi connectivity index (χ1n) is 5.75. The van der Waals surface area contributed by atoms with E-state index < -0.39 is 6.10 Å². The summed E-state index contributed by atoms with van der Waals surface area (Å²) in [6.45, 7) is 1.87. The molecule has 0 saturated carbocycles. The molecule has 1 unspecified atom stereocenters. The van der Waals surface area contributed by atoms with Crippen molar-refractivity contribution in [2.24, 2.45) is 0 Å². The Kier molecular flexibility index (Phi) is 4.00. The van der Waals surface area contributed by atoms with Crippen LogP contribution in [-0.2, 0) is 6.42 Å². The van der Waals surface area contributed by atoms with Crippen LogP contribution in [0.5, 0.6) is 0 Å². The summed E-state index contributed by atoms with van der Waals surface area (Å²) in [5, 5.41) is 10.7. The van der Waals surface area contributed by atoms with Crippen LogP contribution in [0.15, 0.2) is 42.5 Å². The zero-order chi connectivity index (χ0) is 13.1. The molecule has 0 fully saturated rings. The monoisotopic (exact) mass is 264 g/mol. The fourth-order valence-electron chi connectivity index (χ4n) is 1.92. The van der Waals surface area contributed by atoms with Crippen LogP contribution < -0.4 is 0 Å². The van der Waals surface area contributed by atoms with E-state index in [0.717, 1.165) is 11.1 Å². The lowest BCUT2D eigenvalue weighted by molar-refractivity contribution is 0.173. The van der Waals surface area contributed by atoms with Crippen LogP contribution in [0.25, 0.3) is 0 Å². The van der Waals surface area contributed by atoms with Gasteiger partial charge >= 0.3 is 0 Å². The average Bonchev–Trinajstić information content (AvgIpc) is 2.32. The standard InChI is InChI=1S/C15H14ClFO/c1-10-5-6-14(17)13(7-10)15(18)9-11-3-2-4-12(16)8-11/h2-8,15,18H,9H2,1H3. The summed E-state index contributed by atoms with van der Waals surface area (Å²) < 4.78 is 13.6. The van der Waals surface area contributed by atoms with Crippen molar-refractivity contribution in [3.8, 4) is 0 Å². The number of halogens is 2. The Balaban J connectivity index is 2.21. The summed E-state index contributed by atoms with van der Waals surface area (Å²) in [4.78, 5) is 0. The Bertz CT molecular complexity index is 554. The molecule has 2 aromatic rings. The van der Waals surface area contributed by atoms with E-state index in [1.165, 1.54) is 6.07 Å². The number of hydrogen-bond acceptors (Lipinski definition) is 1. The van der Waals surface area contributed by atoms with E-state index in [4.69, 9.17) is 11.6 Å². The minimum Gasteiger partial charge on any atom is -0.388 e. The van der Waals surface area contributed by atoms with Gasteiger partial charge in [0.25, 0.3) is 0 Å². The highest BCUT2D eigenvalue weighted by molar-refractivity contribution is 6.30. The fraction of sp³-hybridized carbons (Fsp3) is 0.200. The van der Waals surface area contributed by atoms with E-state index in [-0.39, 0.29) is 5.82 Å². The van der Waals surface area contributed by atoms with Crippen molar-refractivity contribution >= 4 is 11.6 Å². The van der Waals surface area contributed by atoms with Crippen molar-refractivity contribution in [1.29, 1.82) is 0 Å². The molecular weight excluding hydrogens is 251 g/mol. The summed E-state index contributed by atoms with van der Waals surface area (Å²) in [6, 6.07) is 12.0. The molecule has 3 heteroatoms. The predicted octanol–water partition coefficient (Wildman–Crippen LogP) is 4.06. The molecule has 0 saturated heterocycles. The second-order valence-electron chi connectivity index (χ2n) is 4.37. The highest BCUT2D eigenvalue weighted by atomic mass is 35.5. The van der Waals surface area contributed by atoms with Gasteiger partial charge in [0.05, 0.1) is 6.10 Å². The van der Waals surface area contributed by atoms with Crippen LogP contribution >= 0.6 is 11.6 Å². The summed E-state index contributed by atoms with van der Waals surface area (Å²) in [5.74, 6) is -0.380. The van der Waals surface area contributed by atoms with Gasteiger partial charge in [-0.05, 0) is 30.7 Å². The lowest BCUT2D eigenvalue weighted by Gasteiger charge is -2.13. The van der Waals surface area contributed by atoms with Crippen LogP contribution in [0.4, 0.5) is 4.39 Å². The molecule has 18 heavy (non-hydrogen) atoms. The van der Waals surface area contributed by atoms with E-state index in [0.29, 0.717) is 17.0 Å². The van der Waals surface area contributed by atoms with E-state index >= 15 is 0 Å². The van der Waals surface area contributed by atoms with Gasteiger partial charge in [0.2, 0.25) is 0 Å². The molecule has 2 aromatic carbocycles. The summed E-state index contributed by atoms with van der Waals surface area (Å²) in [7, 11) is 0. The normalized spacial score (nSPS) is 12.4. The molecule has 0 aliphatic carbocycles. The Labute approximate surface area is 111 Å². The van der Waals surface area contributed by atoms with Crippen molar-refractivity contribution in [2.75, 3.05) is 0 Å². The first-order valence-corrected chi connectivity index (χ1v) is 6.12. The lowest BCUT2D eigenvalue weighted by atomic mass is 9.99. The number of aryl methyl sites for hydroxylation is 1. The maximum Gasteiger partial charge on any atom is 0.129 e. The average molecular weight is 265 g/mol. The summed E-state index contributed by atoms with van der Waals surface area (Å²) >= 11 is 5.88. The molecule has 0 heterocycles. The molecule has 94 valence electrons. The van der Waals surface area contributed by atoms with Crippen LogP contribution in [0.3, 0.4) is 0 Å². The summed E-state index contributed by atoms with van der Waals surface area (Å²) in [5.41, 5.74) is 2.14. The fourth-order valence-corrected chi connectivity index (χ4v) is 2.13. The van der Waals surface area contributed by atoms with Crippen molar-refractivity contribution in [1.82, 2.24) is 0 Å². The zero-order valence-electron chi connectivity index (χ0n) is 10.0. The molecule has 0 spiro atoms. The van der Waals surface area contributed by atoms with Crippen LogP contribution in [0, 0.1) is 12.7 Å². The van der Waals surface area contributed by atoms with Gasteiger partial charge in [-0.25, -0.2) is 4.39 Å². The molecule has 0 amide bonds. The van der Waals surface area contributed by atoms with Gasteiger partial charge in [0.15, 0.2) is 0 Å². The Morgan fingerprint density at radius 2 is 2.00 bits per heavy atom. The quantitative estimate of drug-likeness (QED) is 0.886. The molecule has 0 radical (unpaired) electrons. The maximum atomic E-state index is 13.6. The molecule has 0 aliphatic rings. The van der Waals surface area contributed by atoms with Gasteiger partial charge in [-0.1, -0.05) is 41.4 Å². The highest BCUT2D eigenvalue weighted by Gasteiger charge is 2.13. The van der Waals surface area contributed by atoms with Gasteiger partial charge < -0.3 is 5.11 Å². The SMILES string of the molecule is Cc1ccc(F)c(C(O)Cc2cccc(Cl)c2)c1. The minimum atomic E-state index is -0.858. The highest BCUT2D eigenvalue weighted by Crippen LogP contribution is 2.23. The van der Waals surface area contributed by atoms with Crippen molar-refractivity contribution in [3.05, 3.63) is 70.0 Å². The van der Waals surface area contributed by atoms with E-state index in [1.807, 2.05) is 19.1 Å². The summed E-state index contributed by atoms with van der Waals surface area (Å²) in [6.07, 6.45) is -0.510. The van der Waals surface area contributed by atoms with Gasteiger partial charge in [0.1, 0.15) is 5.82 Å². The van der Waals surface area contributed by atoms with Crippen LogP contribution in [-0.4, -0.2) is 5.11 Å². The first-order chi connectivity index (χ1) is 8.56. The third kappa shape index (κ3) is 3.09. The molecule has 1 N–H and O–H groups in total. The molecular formula is C15H14ClFO. The minimum absolute atomic E-state index is 0.329. The molecule has 2 rings (SSSR count). The third-order valence-corrected chi connectivity index (χ3v) is 3.06. The predicted molar refractivity (Wildman–Crippen MR) is 71.3 cm³/mol. The van der Waals surface area contributed by atoms with Crippen LogP contribution in [0.2, 0.25) is 5.02 Å². The van der Waals surface area contributed by atoms with Gasteiger partial charge in [-0.3, -0.25) is 0 Å². The zero-order valence-corrected chi connectivity index (χ0v) is 10.8. The van der Waals surface area contributed by atoms with Crippen molar-refractivity contribution in [3.63, 3.8) is 0 Å². The van der Waals surface area contributed by atoms with Crippen molar-refractivity contribution < 1.29 is 9.50 Å². The topological polar surface area (TPSA) is 20.2 Å². The smallest absolute Gasteiger partial charge is 0.129 e. The number of rotatable bonds is 3. The maximum absolute atomic E-state index is 13.6. The Morgan fingerprint density at radius 1 is 1.22 bits per heavy atom. The van der Waals surface area contributed by atoms with Crippen molar-refractivity contribution in [2.45, 2.75) is 19.4 Å². The second kappa shape index (κ2) is 5.51. The van der Waals surface area contributed by atoms with E-state index in [9.17, 15) is 9.50 Å². The number of hydrogen-bond donors (Lipinski definition) is 1. The van der Waals surface area contributed by atoms with E-state index in [1.54, 1.807) is 24.3 Å². The van der Waals surface area contributed by atoms with Crippen LogP contribution in [0.1, 0.15) is 22.8 Å².